The number of nitrogens with zero attached hydrogens (tertiary/aromatic N) is 2. The molecular formula is C12H11F2N3O2. The average molecular weight is 267 g/mol. The SMILES string of the molecule is CNCc1nn(-c2ccc(F)c(F)c2)c(=O)cc1O. The molecule has 0 saturated carbocycles. The van der Waals surface area contributed by atoms with E-state index < -0.39 is 17.2 Å². The van der Waals surface area contributed by atoms with Crippen LogP contribution in [0.2, 0.25) is 0 Å². The van der Waals surface area contributed by atoms with Gasteiger partial charge < -0.3 is 10.4 Å². The summed E-state index contributed by atoms with van der Waals surface area (Å²) in [5.41, 5.74) is -0.323. The molecule has 1 heterocycles. The van der Waals surface area contributed by atoms with Crippen molar-refractivity contribution in [3.05, 3.63) is 51.9 Å². The summed E-state index contributed by atoms with van der Waals surface area (Å²) in [6, 6.07) is 3.97. The Morgan fingerprint density at radius 1 is 1.32 bits per heavy atom. The van der Waals surface area contributed by atoms with Crippen LogP contribution in [0, 0.1) is 11.6 Å². The van der Waals surface area contributed by atoms with Crippen LogP contribution >= 0.6 is 0 Å². The van der Waals surface area contributed by atoms with E-state index >= 15 is 0 Å². The largest absolute Gasteiger partial charge is 0.506 e. The smallest absolute Gasteiger partial charge is 0.275 e. The number of hydrogen-bond donors (Lipinski definition) is 2. The lowest BCUT2D eigenvalue weighted by Crippen LogP contribution is -2.23. The summed E-state index contributed by atoms with van der Waals surface area (Å²) < 4.78 is 26.9. The molecule has 0 aliphatic carbocycles. The topological polar surface area (TPSA) is 67.2 Å². The van der Waals surface area contributed by atoms with E-state index in [0.29, 0.717) is 0 Å². The van der Waals surface area contributed by atoms with Gasteiger partial charge in [0.15, 0.2) is 11.6 Å². The monoisotopic (exact) mass is 267 g/mol. The first-order chi connectivity index (χ1) is 9.02. The van der Waals surface area contributed by atoms with Gasteiger partial charge in [-0.15, -0.1) is 0 Å². The Morgan fingerprint density at radius 2 is 2.05 bits per heavy atom. The average Bonchev–Trinajstić information content (AvgIpc) is 2.36. The molecule has 0 saturated heterocycles. The minimum Gasteiger partial charge on any atom is -0.506 e. The van der Waals surface area contributed by atoms with Crippen LogP contribution in [0.25, 0.3) is 5.69 Å². The highest BCUT2D eigenvalue weighted by molar-refractivity contribution is 5.33. The molecule has 0 aliphatic rings. The van der Waals surface area contributed by atoms with Gasteiger partial charge in [-0.1, -0.05) is 0 Å². The first-order valence-electron chi connectivity index (χ1n) is 5.45. The molecule has 100 valence electrons. The molecular weight excluding hydrogens is 256 g/mol. The van der Waals surface area contributed by atoms with Gasteiger partial charge in [-0.05, 0) is 19.2 Å². The van der Waals surface area contributed by atoms with Crippen LogP contribution in [-0.2, 0) is 6.54 Å². The fourth-order valence-electron chi connectivity index (χ4n) is 1.58. The molecule has 5 nitrogen and oxygen atoms in total. The molecule has 1 aromatic carbocycles. The third-order valence-corrected chi connectivity index (χ3v) is 2.48. The Labute approximate surface area is 107 Å². The lowest BCUT2D eigenvalue weighted by Gasteiger charge is -2.08. The molecule has 2 N–H and O–H groups in total. The second kappa shape index (κ2) is 5.15. The molecule has 1 aromatic heterocycles. The van der Waals surface area contributed by atoms with Crippen LogP contribution in [0.3, 0.4) is 0 Å². The fraction of sp³-hybridized carbons (Fsp3) is 0.167. The second-order valence-electron chi connectivity index (χ2n) is 3.86. The Hall–Kier alpha value is -2.28. The highest BCUT2D eigenvalue weighted by atomic mass is 19.2. The molecule has 0 amide bonds. The maximum atomic E-state index is 13.1. The molecule has 2 rings (SSSR count). The number of rotatable bonds is 3. The van der Waals surface area contributed by atoms with E-state index in [-0.39, 0.29) is 23.7 Å². The van der Waals surface area contributed by atoms with Gasteiger partial charge in [0.1, 0.15) is 11.4 Å². The molecule has 2 aromatic rings. The van der Waals surface area contributed by atoms with Gasteiger partial charge in [0, 0.05) is 18.7 Å². The summed E-state index contributed by atoms with van der Waals surface area (Å²) in [4.78, 5) is 11.7. The van der Waals surface area contributed by atoms with Crippen molar-refractivity contribution in [2.24, 2.45) is 0 Å². The van der Waals surface area contributed by atoms with E-state index in [1.165, 1.54) is 6.07 Å². The first-order valence-corrected chi connectivity index (χ1v) is 5.45. The maximum absolute atomic E-state index is 13.1. The minimum atomic E-state index is -1.07. The first kappa shape index (κ1) is 13.2. The van der Waals surface area contributed by atoms with E-state index in [1.807, 2.05) is 0 Å². The third-order valence-electron chi connectivity index (χ3n) is 2.48. The van der Waals surface area contributed by atoms with Gasteiger partial charge in [0.05, 0.1) is 5.69 Å². The van der Waals surface area contributed by atoms with Crippen molar-refractivity contribution >= 4 is 0 Å². The van der Waals surface area contributed by atoms with Crippen molar-refractivity contribution in [3.63, 3.8) is 0 Å². The molecule has 0 bridgehead atoms. The van der Waals surface area contributed by atoms with Gasteiger partial charge in [-0.25, -0.2) is 8.78 Å². The van der Waals surface area contributed by atoms with Gasteiger partial charge in [0.25, 0.3) is 5.56 Å². The van der Waals surface area contributed by atoms with Gasteiger partial charge in [0.2, 0.25) is 0 Å². The zero-order valence-corrected chi connectivity index (χ0v) is 10.0. The van der Waals surface area contributed by atoms with Crippen LogP contribution in [0.5, 0.6) is 5.75 Å². The number of halogens is 2. The summed E-state index contributed by atoms with van der Waals surface area (Å²) in [5, 5.41) is 16.2. The van der Waals surface area contributed by atoms with Crippen LogP contribution < -0.4 is 10.9 Å². The normalized spacial score (nSPS) is 10.7. The summed E-state index contributed by atoms with van der Waals surface area (Å²) in [6.07, 6.45) is 0. The van der Waals surface area contributed by atoms with Crippen LogP contribution in [0.15, 0.2) is 29.1 Å². The van der Waals surface area contributed by atoms with Crippen LogP contribution in [0.4, 0.5) is 8.78 Å². The summed E-state index contributed by atoms with van der Waals surface area (Å²) in [5.74, 6) is -2.33. The van der Waals surface area contributed by atoms with Crippen molar-refractivity contribution in [1.82, 2.24) is 15.1 Å². The third kappa shape index (κ3) is 2.60. The maximum Gasteiger partial charge on any atom is 0.275 e. The number of aromatic nitrogens is 2. The van der Waals surface area contributed by atoms with Crippen LogP contribution in [0.1, 0.15) is 5.69 Å². The molecule has 0 spiro atoms. The summed E-state index contributed by atoms with van der Waals surface area (Å²) >= 11 is 0. The molecule has 0 aliphatic heterocycles. The van der Waals surface area contributed by atoms with E-state index in [4.69, 9.17) is 0 Å². The predicted molar refractivity (Wildman–Crippen MR) is 64.2 cm³/mol. The van der Waals surface area contributed by atoms with E-state index in [9.17, 15) is 18.7 Å². The Bertz CT molecular complexity index is 671. The lowest BCUT2D eigenvalue weighted by atomic mass is 10.3. The van der Waals surface area contributed by atoms with Gasteiger partial charge >= 0.3 is 0 Å². The Morgan fingerprint density at radius 3 is 2.68 bits per heavy atom. The number of nitrogens with one attached hydrogen (secondary N) is 1. The standard InChI is InChI=1S/C12H11F2N3O2/c1-15-6-10-11(18)5-12(19)17(16-10)7-2-3-8(13)9(14)4-7/h2-5,15,18H,6H2,1H3. The zero-order valence-electron chi connectivity index (χ0n) is 10.0. The predicted octanol–water partition coefficient (Wildman–Crippen LogP) is 0.936. The highest BCUT2D eigenvalue weighted by Gasteiger charge is 2.10. The van der Waals surface area contributed by atoms with E-state index in [1.54, 1.807) is 7.05 Å². The van der Waals surface area contributed by atoms with Crippen molar-refractivity contribution in [2.45, 2.75) is 6.54 Å². The Kier molecular flexibility index (Phi) is 3.57. The molecule has 0 fully saturated rings. The van der Waals surface area contributed by atoms with Crippen LogP contribution in [-0.4, -0.2) is 21.9 Å². The summed E-state index contributed by atoms with van der Waals surface area (Å²) in [6.45, 7) is 0.232. The fourth-order valence-corrected chi connectivity index (χ4v) is 1.58. The zero-order chi connectivity index (χ0) is 14.0. The number of aromatic hydroxyl groups is 1. The van der Waals surface area contributed by atoms with Crippen molar-refractivity contribution in [2.75, 3.05) is 7.05 Å². The molecule has 0 unspecified atom stereocenters. The second-order valence-corrected chi connectivity index (χ2v) is 3.86. The molecule has 19 heavy (non-hydrogen) atoms. The van der Waals surface area contributed by atoms with Gasteiger partial charge in [-0.3, -0.25) is 4.79 Å². The molecule has 0 radical (unpaired) electrons. The quantitative estimate of drug-likeness (QED) is 0.868. The molecule has 0 atom stereocenters. The van der Waals surface area contributed by atoms with Crippen molar-refractivity contribution < 1.29 is 13.9 Å². The van der Waals surface area contributed by atoms with E-state index in [0.717, 1.165) is 22.9 Å². The van der Waals surface area contributed by atoms with Crippen molar-refractivity contribution in [1.29, 1.82) is 0 Å². The number of benzene rings is 1. The number of hydrogen-bond acceptors (Lipinski definition) is 4. The molecule has 7 heteroatoms. The summed E-state index contributed by atoms with van der Waals surface area (Å²) in [7, 11) is 1.65. The van der Waals surface area contributed by atoms with Gasteiger partial charge in [-0.2, -0.15) is 9.78 Å². The lowest BCUT2D eigenvalue weighted by molar-refractivity contribution is 0.453. The Balaban J connectivity index is 2.57. The van der Waals surface area contributed by atoms with Crippen molar-refractivity contribution in [3.8, 4) is 11.4 Å². The highest BCUT2D eigenvalue weighted by Crippen LogP contribution is 2.14. The minimum absolute atomic E-state index is 0.0845. The van der Waals surface area contributed by atoms with E-state index in [2.05, 4.69) is 10.4 Å².